The van der Waals surface area contributed by atoms with Crippen LogP contribution in [0.15, 0.2) is 12.3 Å². The number of rotatable bonds is 3. The summed E-state index contributed by atoms with van der Waals surface area (Å²) in [7, 11) is 1.62. The first-order valence-electron chi connectivity index (χ1n) is 4.17. The third kappa shape index (κ3) is 2.54. The minimum atomic E-state index is -0.422. The predicted molar refractivity (Wildman–Crippen MR) is 44.2 cm³/mol. The molecule has 0 aromatic carbocycles. The second kappa shape index (κ2) is 3.77. The van der Waals surface area contributed by atoms with Gasteiger partial charge in [0.2, 0.25) is 0 Å². The zero-order valence-electron chi connectivity index (χ0n) is 7.05. The van der Waals surface area contributed by atoms with Crippen LogP contribution in [-0.4, -0.2) is 17.8 Å². The Balaban J connectivity index is 2.28. The Hall–Kier alpha value is -0.500. The molecule has 0 atom stereocenters. The predicted octanol–water partition coefficient (Wildman–Crippen LogP) is 1.84. The summed E-state index contributed by atoms with van der Waals surface area (Å²) < 4.78 is 4.75. The molecule has 0 aromatic rings. The van der Waals surface area contributed by atoms with Gasteiger partial charge in [0, 0.05) is 0 Å². The van der Waals surface area contributed by atoms with Gasteiger partial charge < -0.3 is 9.84 Å². The van der Waals surface area contributed by atoms with E-state index in [2.05, 4.69) is 0 Å². The van der Waals surface area contributed by atoms with E-state index in [9.17, 15) is 5.11 Å². The SMILES string of the molecule is CO/C=C/CC1(O)CCCC1. The average Bonchev–Trinajstić information content (AvgIpc) is 2.38. The summed E-state index contributed by atoms with van der Waals surface area (Å²) in [5, 5.41) is 9.81. The van der Waals surface area contributed by atoms with Crippen molar-refractivity contribution in [1.29, 1.82) is 0 Å². The summed E-state index contributed by atoms with van der Waals surface area (Å²) in [5.74, 6) is 0. The molecule has 0 bridgehead atoms. The number of methoxy groups -OCH3 is 1. The van der Waals surface area contributed by atoms with Gasteiger partial charge in [-0.15, -0.1) is 0 Å². The molecule has 0 heterocycles. The van der Waals surface area contributed by atoms with E-state index in [0.29, 0.717) is 0 Å². The second-order valence-corrected chi connectivity index (χ2v) is 3.24. The van der Waals surface area contributed by atoms with Crippen LogP contribution in [0.2, 0.25) is 0 Å². The maximum atomic E-state index is 9.81. The lowest BCUT2D eigenvalue weighted by Crippen LogP contribution is -2.22. The Kier molecular flexibility index (Phi) is 2.94. The van der Waals surface area contributed by atoms with Crippen molar-refractivity contribution in [3.05, 3.63) is 12.3 Å². The Morgan fingerprint density at radius 1 is 1.45 bits per heavy atom. The van der Waals surface area contributed by atoms with Crippen molar-refractivity contribution in [2.75, 3.05) is 7.11 Å². The molecule has 1 aliphatic carbocycles. The van der Waals surface area contributed by atoms with Gasteiger partial charge in [0.15, 0.2) is 0 Å². The second-order valence-electron chi connectivity index (χ2n) is 3.24. The van der Waals surface area contributed by atoms with Crippen LogP contribution in [0, 0.1) is 0 Å². The fourth-order valence-corrected chi connectivity index (χ4v) is 1.60. The molecule has 0 aromatic heterocycles. The first-order valence-corrected chi connectivity index (χ1v) is 4.17. The highest BCUT2D eigenvalue weighted by atomic mass is 16.5. The maximum Gasteiger partial charge on any atom is 0.0785 e. The maximum absolute atomic E-state index is 9.81. The van der Waals surface area contributed by atoms with E-state index in [-0.39, 0.29) is 0 Å². The molecule has 1 N–H and O–H groups in total. The van der Waals surface area contributed by atoms with Gasteiger partial charge in [-0.2, -0.15) is 0 Å². The highest BCUT2D eigenvalue weighted by molar-refractivity contribution is 4.91. The number of ether oxygens (including phenoxy) is 1. The van der Waals surface area contributed by atoms with Crippen molar-refractivity contribution in [2.24, 2.45) is 0 Å². The molecule has 0 radical (unpaired) electrons. The van der Waals surface area contributed by atoms with E-state index in [0.717, 1.165) is 32.1 Å². The third-order valence-corrected chi connectivity index (χ3v) is 2.26. The molecule has 1 rings (SSSR count). The highest BCUT2D eigenvalue weighted by Crippen LogP contribution is 2.32. The zero-order valence-corrected chi connectivity index (χ0v) is 7.05. The average molecular weight is 156 g/mol. The van der Waals surface area contributed by atoms with Crippen molar-refractivity contribution in [3.63, 3.8) is 0 Å². The molecule has 1 saturated carbocycles. The van der Waals surface area contributed by atoms with Crippen molar-refractivity contribution in [1.82, 2.24) is 0 Å². The first kappa shape index (κ1) is 8.60. The fraction of sp³-hybridized carbons (Fsp3) is 0.778. The summed E-state index contributed by atoms with van der Waals surface area (Å²) in [6.07, 6.45) is 8.49. The monoisotopic (exact) mass is 156 g/mol. The summed E-state index contributed by atoms with van der Waals surface area (Å²) in [4.78, 5) is 0. The lowest BCUT2D eigenvalue weighted by Gasteiger charge is -2.19. The summed E-state index contributed by atoms with van der Waals surface area (Å²) >= 11 is 0. The summed E-state index contributed by atoms with van der Waals surface area (Å²) in [6, 6.07) is 0. The molecule has 0 saturated heterocycles. The van der Waals surface area contributed by atoms with Crippen molar-refractivity contribution in [3.8, 4) is 0 Å². The molecule has 2 nitrogen and oxygen atoms in total. The van der Waals surface area contributed by atoms with E-state index >= 15 is 0 Å². The van der Waals surface area contributed by atoms with Crippen LogP contribution >= 0.6 is 0 Å². The van der Waals surface area contributed by atoms with Crippen LogP contribution in [-0.2, 0) is 4.74 Å². The first-order chi connectivity index (χ1) is 5.27. The zero-order chi connectivity index (χ0) is 8.16. The quantitative estimate of drug-likeness (QED) is 0.632. The normalized spacial score (nSPS) is 22.7. The minimum absolute atomic E-state index is 0.422. The van der Waals surface area contributed by atoms with Crippen LogP contribution in [0.1, 0.15) is 32.1 Å². The molecule has 2 heteroatoms. The van der Waals surface area contributed by atoms with Crippen LogP contribution in [0.5, 0.6) is 0 Å². The van der Waals surface area contributed by atoms with Crippen LogP contribution in [0.25, 0.3) is 0 Å². The molecule has 64 valence electrons. The smallest absolute Gasteiger partial charge is 0.0785 e. The number of hydrogen-bond donors (Lipinski definition) is 1. The fourth-order valence-electron chi connectivity index (χ4n) is 1.60. The molecule has 0 spiro atoms. The van der Waals surface area contributed by atoms with Gasteiger partial charge in [0.25, 0.3) is 0 Å². The summed E-state index contributed by atoms with van der Waals surface area (Å²) in [5.41, 5.74) is -0.422. The molecule has 1 aliphatic rings. The minimum Gasteiger partial charge on any atom is -0.505 e. The molecule has 0 aliphatic heterocycles. The van der Waals surface area contributed by atoms with Gasteiger partial charge in [0.1, 0.15) is 0 Å². The van der Waals surface area contributed by atoms with Crippen molar-refractivity contribution in [2.45, 2.75) is 37.7 Å². The summed E-state index contributed by atoms with van der Waals surface area (Å²) in [6.45, 7) is 0. The standard InChI is InChI=1S/C9H16O2/c1-11-8-4-7-9(10)5-2-3-6-9/h4,8,10H,2-3,5-7H2,1H3/b8-4+. The van der Waals surface area contributed by atoms with Gasteiger partial charge in [-0.1, -0.05) is 12.8 Å². The Morgan fingerprint density at radius 3 is 2.64 bits per heavy atom. The van der Waals surface area contributed by atoms with E-state index in [1.165, 1.54) is 0 Å². The van der Waals surface area contributed by atoms with E-state index < -0.39 is 5.60 Å². The van der Waals surface area contributed by atoms with Gasteiger partial charge in [-0.25, -0.2) is 0 Å². The van der Waals surface area contributed by atoms with Crippen LogP contribution in [0.3, 0.4) is 0 Å². The largest absolute Gasteiger partial charge is 0.505 e. The third-order valence-electron chi connectivity index (χ3n) is 2.26. The Morgan fingerprint density at radius 2 is 2.09 bits per heavy atom. The van der Waals surface area contributed by atoms with Crippen molar-refractivity contribution < 1.29 is 9.84 Å². The van der Waals surface area contributed by atoms with Gasteiger partial charge in [-0.05, 0) is 25.3 Å². The molecular weight excluding hydrogens is 140 g/mol. The molecule has 0 unspecified atom stereocenters. The van der Waals surface area contributed by atoms with E-state index in [1.807, 2.05) is 6.08 Å². The molecular formula is C9H16O2. The van der Waals surface area contributed by atoms with Gasteiger partial charge in [-0.3, -0.25) is 0 Å². The van der Waals surface area contributed by atoms with Crippen LogP contribution in [0.4, 0.5) is 0 Å². The topological polar surface area (TPSA) is 29.5 Å². The lowest BCUT2D eigenvalue weighted by molar-refractivity contribution is 0.0503. The van der Waals surface area contributed by atoms with Crippen LogP contribution < -0.4 is 0 Å². The van der Waals surface area contributed by atoms with Gasteiger partial charge in [0.05, 0.1) is 19.0 Å². The Bertz CT molecular complexity index is 134. The van der Waals surface area contributed by atoms with E-state index in [1.54, 1.807) is 13.4 Å². The van der Waals surface area contributed by atoms with Gasteiger partial charge >= 0.3 is 0 Å². The highest BCUT2D eigenvalue weighted by Gasteiger charge is 2.29. The number of aliphatic hydroxyl groups is 1. The molecule has 11 heavy (non-hydrogen) atoms. The Labute approximate surface area is 67.9 Å². The van der Waals surface area contributed by atoms with Crippen molar-refractivity contribution >= 4 is 0 Å². The molecule has 1 fully saturated rings. The molecule has 0 amide bonds. The lowest BCUT2D eigenvalue weighted by atomic mass is 9.98. The number of hydrogen-bond acceptors (Lipinski definition) is 2. The van der Waals surface area contributed by atoms with E-state index in [4.69, 9.17) is 4.74 Å².